The Morgan fingerprint density at radius 2 is 1.50 bits per heavy atom. The number of aliphatic carboxylic acids is 2. The summed E-state index contributed by atoms with van der Waals surface area (Å²) in [6.07, 6.45) is 4.92. The quantitative estimate of drug-likeness (QED) is 0.108. The average Bonchev–Trinajstić information content (AvgIpc) is 3.83. The maximum Gasteiger partial charge on any atom is 0.303 e. The number of hydrogen-bond donors (Lipinski definition) is 3. The summed E-state index contributed by atoms with van der Waals surface area (Å²) in [5, 5.41) is 43.2. The molecule has 5 rings (SSSR count). The first kappa shape index (κ1) is 40.4. The Bertz CT molecular complexity index is 1840. The largest absolute Gasteiger partial charge is 0.481 e. The van der Waals surface area contributed by atoms with E-state index in [9.17, 15) is 34.1 Å². The van der Waals surface area contributed by atoms with Crippen LogP contribution in [0.4, 0.5) is 5.69 Å². The lowest BCUT2D eigenvalue weighted by molar-refractivity contribution is -0.384. The predicted molar refractivity (Wildman–Crippen MR) is 191 cm³/mol. The molecule has 17 heteroatoms. The maximum atomic E-state index is 12.6. The molecule has 0 bridgehead atoms. The summed E-state index contributed by atoms with van der Waals surface area (Å²) in [6.45, 7) is 9.89. The van der Waals surface area contributed by atoms with Gasteiger partial charge in [-0.3, -0.25) is 34.1 Å². The van der Waals surface area contributed by atoms with Gasteiger partial charge in [0.25, 0.3) is 11.6 Å². The number of benzene rings is 1. The molecule has 0 unspecified atom stereocenters. The molecule has 0 radical (unpaired) electrons. The van der Waals surface area contributed by atoms with Crippen LogP contribution in [0.25, 0.3) is 17.4 Å². The second-order valence-corrected chi connectivity index (χ2v) is 12.4. The van der Waals surface area contributed by atoms with Crippen LogP contribution in [0.15, 0.2) is 49.6 Å². The van der Waals surface area contributed by atoms with Crippen molar-refractivity contribution in [2.75, 3.05) is 13.1 Å². The van der Waals surface area contributed by atoms with E-state index in [-0.39, 0.29) is 36.3 Å². The van der Waals surface area contributed by atoms with E-state index in [1.807, 2.05) is 27.7 Å². The number of furan rings is 1. The zero-order chi connectivity index (χ0) is 38.5. The van der Waals surface area contributed by atoms with Gasteiger partial charge in [0.1, 0.15) is 11.5 Å². The molecule has 3 amide bonds. The first-order valence-electron chi connectivity index (χ1n) is 16.6. The van der Waals surface area contributed by atoms with Gasteiger partial charge in [-0.2, -0.15) is 15.3 Å². The van der Waals surface area contributed by atoms with Crippen molar-refractivity contribution in [3.8, 4) is 11.3 Å². The number of rotatable bonds is 13. The predicted octanol–water partition coefficient (Wildman–Crippen LogP) is 5.06. The van der Waals surface area contributed by atoms with Crippen LogP contribution in [0.1, 0.15) is 89.0 Å². The fraction of sp³-hybridized carbons (Fsp3) is 0.429. The number of nitro groups is 1. The number of carboxylic acid groups (broad SMARTS) is 2. The lowest BCUT2D eigenvalue weighted by Crippen LogP contribution is -2.23. The molecule has 4 heterocycles. The van der Waals surface area contributed by atoms with E-state index in [0.717, 1.165) is 22.6 Å². The van der Waals surface area contributed by atoms with Crippen molar-refractivity contribution in [2.45, 2.75) is 86.0 Å². The Labute approximate surface area is 299 Å². The third-order valence-electron chi connectivity index (χ3n) is 7.91. The van der Waals surface area contributed by atoms with E-state index in [2.05, 4.69) is 20.7 Å². The van der Waals surface area contributed by atoms with Gasteiger partial charge in [0.15, 0.2) is 0 Å². The molecule has 3 aliphatic heterocycles. The van der Waals surface area contributed by atoms with Crippen LogP contribution in [-0.4, -0.2) is 85.0 Å². The van der Waals surface area contributed by atoms with Gasteiger partial charge < -0.3 is 14.6 Å². The minimum atomic E-state index is -0.870. The Balaban J connectivity index is 0.000000283. The monoisotopic (exact) mass is 721 g/mol. The highest BCUT2D eigenvalue weighted by molar-refractivity contribution is 6.26. The van der Waals surface area contributed by atoms with Gasteiger partial charge in [0, 0.05) is 43.4 Å². The molecule has 1 aromatic carbocycles. The third-order valence-corrected chi connectivity index (χ3v) is 7.91. The minimum Gasteiger partial charge on any atom is -0.481 e. The number of nitrogens with zero attached hydrogens (tertiary/aromatic N) is 6. The SMILES string of the molecule is CC1=NN(CCCCC(=O)O)C(=O)/C1=C\c1ccc(-c2cc(C)c(C)cc2[N+](=O)[O-])o1.CC1=NN(CCCCC(=O)O)C(=O)C1.CC1=NNC(=O)C1. The summed E-state index contributed by atoms with van der Waals surface area (Å²) in [5.74, 6) is -1.22. The van der Waals surface area contributed by atoms with Crippen LogP contribution in [0, 0.1) is 24.0 Å². The Morgan fingerprint density at radius 1 is 0.885 bits per heavy atom. The summed E-state index contributed by atoms with van der Waals surface area (Å²) < 4.78 is 5.80. The van der Waals surface area contributed by atoms with Gasteiger partial charge >= 0.3 is 11.9 Å². The van der Waals surface area contributed by atoms with Gasteiger partial charge in [-0.1, -0.05) is 0 Å². The van der Waals surface area contributed by atoms with E-state index < -0.39 is 16.9 Å². The molecule has 2 aromatic rings. The molecule has 0 spiro atoms. The number of amides is 3. The number of aryl methyl sites for hydroxylation is 2. The summed E-state index contributed by atoms with van der Waals surface area (Å²) in [6, 6.07) is 6.52. The van der Waals surface area contributed by atoms with Gasteiger partial charge in [-0.05, 0) is 95.7 Å². The highest BCUT2D eigenvalue weighted by atomic mass is 16.6. The molecular weight excluding hydrogens is 678 g/mol. The third kappa shape index (κ3) is 12.1. The van der Waals surface area contributed by atoms with Crippen LogP contribution in [0.3, 0.4) is 0 Å². The van der Waals surface area contributed by atoms with Gasteiger partial charge in [0.2, 0.25) is 11.8 Å². The fourth-order valence-corrected chi connectivity index (χ4v) is 5.09. The van der Waals surface area contributed by atoms with Crippen LogP contribution in [0.5, 0.6) is 0 Å². The van der Waals surface area contributed by atoms with Crippen LogP contribution >= 0.6 is 0 Å². The summed E-state index contributed by atoms with van der Waals surface area (Å²) in [4.78, 5) is 65.9. The Kier molecular flexibility index (Phi) is 14.6. The molecule has 0 atom stereocenters. The zero-order valence-corrected chi connectivity index (χ0v) is 29.8. The smallest absolute Gasteiger partial charge is 0.303 e. The van der Waals surface area contributed by atoms with Crippen molar-refractivity contribution in [2.24, 2.45) is 15.3 Å². The summed E-state index contributed by atoms with van der Waals surface area (Å²) in [7, 11) is 0. The highest BCUT2D eigenvalue weighted by Gasteiger charge is 2.28. The second-order valence-electron chi connectivity index (χ2n) is 12.4. The van der Waals surface area contributed by atoms with Crippen molar-refractivity contribution >= 4 is 58.6 Å². The van der Waals surface area contributed by atoms with Crippen molar-refractivity contribution < 1.29 is 43.5 Å². The number of hydrogen-bond acceptors (Lipinski definition) is 11. The molecule has 0 saturated heterocycles. The van der Waals surface area contributed by atoms with Gasteiger partial charge in [-0.15, -0.1) is 0 Å². The second kappa shape index (κ2) is 18.8. The Morgan fingerprint density at radius 3 is 2.00 bits per heavy atom. The molecule has 52 heavy (non-hydrogen) atoms. The highest BCUT2D eigenvalue weighted by Crippen LogP contribution is 2.34. The lowest BCUT2D eigenvalue weighted by Gasteiger charge is -2.10. The number of unbranched alkanes of at least 4 members (excludes halogenated alkanes) is 2. The van der Waals surface area contributed by atoms with Crippen molar-refractivity contribution in [3.63, 3.8) is 0 Å². The van der Waals surface area contributed by atoms with Crippen LogP contribution in [-0.2, 0) is 24.0 Å². The first-order valence-corrected chi connectivity index (χ1v) is 16.6. The van der Waals surface area contributed by atoms with Crippen molar-refractivity contribution in [3.05, 3.63) is 56.8 Å². The van der Waals surface area contributed by atoms with E-state index in [0.29, 0.717) is 80.0 Å². The summed E-state index contributed by atoms with van der Waals surface area (Å²) in [5.41, 5.74) is 6.96. The minimum absolute atomic E-state index is 0.00231. The molecule has 278 valence electrons. The lowest BCUT2D eigenvalue weighted by atomic mass is 10.0. The molecule has 0 aliphatic carbocycles. The van der Waals surface area contributed by atoms with Crippen LogP contribution in [0.2, 0.25) is 0 Å². The number of carbonyl (C=O) groups is 5. The fourth-order valence-electron chi connectivity index (χ4n) is 5.09. The molecule has 0 fully saturated rings. The topological polar surface area (TPSA) is 238 Å². The maximum absolute atomic E-state index is 12.6. The van der Waals surface area contributed by atoms with Gasteiger partial charge in [-0.25, -0.2) is 15.4 Å². The molecule has 3 aliphatic rings. The average molecular weight is 722 g/mol. The van der Waals surface area contributed by atoms with E-state index in [1.54, 1.807) is 31.2 Å². The normalized spacial score (nSPS) is 15.8. The number of nitro benzene ring substituents is 1. The first-order chi connectivity index (χ1) is 24.5. The van der Waals surface area contributed by atoms with E-state index in [1.165, 1.54) is 16.1 Å². The number of carboxylic acids is 2. The molecule has 17 nitrogen and oxygen atoms in total. The molecule has 0 saturated carbocycles. The van der Waals surface area contributed by atoms with Crippen molar-refractivity contribution in [1.82, 2.24) is 15.4 Å². The van der Waals surface area contributed by atoms with Gasteiger partial charge in [0.05, 0.1) is 34.6 Å². The number of carbonyl (C=O) groups excluding carboxylic acids is 3. The van der Waals surface area contributed by atoms with Crippen LogP contribution < -0.4 is 5.43 Å². The molecule has 3 N–H and O–H groups in total. The zero-order valence-electron chi connectivity index (χ0n) is 29.8. The summed E-state index contributed by atoms with van der Waals surface area (Å²) >= 11 is 0. The number of hydrazone groups is 3. The van der Waals surface area contributed by atoms with E-state index >= 15 is 0 Å². The van der Waals surface area contributed by atoms with E-state index in [4.69, 9.17) is 14.6 Å². The standard InChI is InChI=1S/C22H23N3O6.C9H14N2O3.C4H6N2O/c1-13-10-18(19(25(29)30)11-14(13)2)20-8-7-16(31-20)12-17-15(3)23-24(22(17)28)9-5-4-6-21(26)27;1-7-6-8(12)11(10-7)5-3-2-4-9(13)14;1-3-2-4(7)6-5-3/h7-8,10-12H,4-6,9H2,1-3H3,(H,26,27);2-6H2,1H3,(H,13,14);2H2,1H3,(H,6,7)/b17-12-;;. The number of nitrogens with one attached hydrogen (secondary N) is 1. The molecular formula is C35H43N7O10. The Hall–Kier alpha value is -6.00. The van der Waals surface area contributed by atoms with Crippen molar-refractivity contribution in [1.29, 1.82) is 0 Å². The molecule has 1 aromatic heterocycles.